The second-order valence-corrected chi connectivity index (χ2v) is 4.34. The summed E-state index contributed by atoms with van der Waals surface area (Å²) < 4.78 is 0. The molecule has 2 aliphatic rings. The van der Waals surface area contributed by atoms with Crippen LogP contribution < -0.4 is 0 Å². The molecule has 2 saturated heterocycles. The van der Waals surface area contributed by atoms with Gasteiger partial charge >= 0.3 is 0 Å². The second kappa shape index (κ2) is 2.51. The van der Waals surface area contributed by atoms with Crippen molar-refractivity contribution in [1.82, 2.24) is 4.90 Å². The molecule has 0 aromatic carbocycles. The third-order valence-electron chi connectivity index (χ3n) is 2.20. The van der Waals surface area contributed by atoms with E-state index in [9.17, 15) is 0 Å². The van der Waals surface area contributed by atoms with E-state index in [4.69, 9.17) is 0 Å². The molecule has 0 aromatic rings. The van der Waals surface area contributed by atoms with Crippen LogP contribution in [0.2, 0.25) is 0 Å². The molecule has 2 heteroatoms. The molecule has 52 valence electrons. The van der Waals surface area contributed by atoms with Crippen LogP contribution in [0.5, 0.6) is 0 Å². The summed E-state index contributed by atoms with van der Waals surface area (Å²) in [5.74, 6) is 1.40. The number of thioether (sulfide) groups is 1. The first-order chi connectivity index (χ1) is 4.45. The fraction of sp³-hybridized carbons (Fsp3) is 1.00. The van der Waals surface area contributed by atoms with E-state index in [0.717, 1.165) is 5.25 Å². The zero-order chi connectivity index (χ0) is 6.10. The minimum absolute atomic E-state index is 0.993. The van der Waals surface area contributed by atoms with Crippen molar-refractivity contribution in [2.45, 2.75) is 18.1 Å². The van der Waals surface area contributed by atoms with Crippen molar-refractivity contribution in [2.75, 3.05) is 25.4 Å². The summed E-state index contributed by atoms with van der Waals surface area (Å²) >= 11 is 2.18. The Labute approximate surface area is 60.8 Å². The molecule has 0 aliphatic carbocycles. The highest BCUT2D eigenvalue weighted by molar-refractivity contribution is 7.99. The van der Waals surface area contributed by atoms with Crippen molar-refractivity contribution in [3.63, 3.8) is 0 Å². The van der Waals surface area contributed by atoms with E-state index in [1.807, 2.05) is 0 Å². The number of fused-ring (bicyclic) bond motifs is 2. The van der Waals surface area contributed by atoms with E-state index in [0.29, 0.717) is 0 Å². The summed E-state index contributed by atoms with van der Waals surface area (Å²) in [7, 11) is 0. The first-order valence-corrected chi connectivity index (χ1v) is 4.84. The molecular formula is C7H13NS. The Balaban J connectivity index is 1.99. The molecular weight excluding hydrogens is 130 g/mol. The number of hydrogen-bond donors (Lipinski definition) is 0. The van der Waals surface area contributed by atoms with E-state index >= 15 is 0 Å². The zero-order valence-corrected chi connectivity index (χ0v) is 6.49. The van der Waals surface area contributed by atoms with Gasteiger partial charge in [0.05, 0.1) is 0 Å². The van der Waals surface area contributed by atoms with Gasteiger partial charge in [-0.25, -0.2) is 0 Å². The standard InChI is InChI=1S/C7H13NS/c1-3-8-4-2-7(6-8)9-5-1/h7H,1-6H2. The Hall–Kier alpha value is 0.310. The smallest absolute Gasteiger partial charge is 0.0187 e. The van der Waals surface area contributed by atoms with Gasteiger partial charge in [0.2, 0.25) is 0 Å². The molecule has 2 aliphatic heterocycles. The van der Waals surface area contributed by atoms with Crippen LogP contribution in [0, 0.1) is 0 Å². The summed E-state index contributed by atoms with van der Waals surface area (Å²) in [6.07, 6.45) is 2.87. The summed E-state index contributed by atoms with van der Waals surface area (Å²) in [5, 5.41) is 0.993. The van der Waals surface area contributed by atoms with Gasteiger partial charge in [0, 0.05) is 11.8 Å². The topological polar surface area (TPSA) is 3.24 Å². The molecule has 9 heavy (non-hydrogen) atoms. The molecule has 2 unspecified atom stereocenters. The Bertz CT molecular complexity index is 93.1. The average molecular weight is 143 g/mol. The van der Waals surface area contributed by atoms with Crippen molar-refractivity contribution >= 4 is 11.8 Å². The quantitative estimate of drug-likeness (QED) is 0.501. The fourth-order valence-corrected chi connectivity index (χ4v) is 2.89. The van der Waals surface area contributed by atoms with E-state index < -0.39 is 0 Å². The number of hydrogen-bond acceptors (Lipinski definition) is 2. The van der Waals surface area contributed by atoms with E-state index in [1.54, 1.807) is 0 Å². The highest BCUT2D eigenvalue weighted by Gasteiger charge is 2.24. The Morgan fingerprint density at radius 1 is 1.33 bits per heavy atom. The first-order valence-electron chi connectivity index (χ1n) is 3.79. The zero-order valence-electron chi connectivity index (χ0n) is 5.68. The van der Waals surface area contributed by atoms with Crippen molar-refractivity contribution in [3.8, 4) is 0 Å². The molecule has 2 bridgehead atoms. The molecule has 2 heterocycles. The van der Waals surface area contributed by atoms with Crippen molar-refractivity contribution in [1.29, 1.82) is 0 Å². The molecule has 0 amide bonds. The third-order valence-corrected chi connectivity index (χ3v) is 3.58. The lowest BCUT2D eigenvalue weighted by Crippen LogP contribution is -2.20. The van der Waals surface area contributed by atoms with Gasteiger partial charge in [-0.2, -0.15) is 11.8 Å². The Kier molecular flexibility index (Phi) is 1.68. The van der Waals surface area contributed by atoms with E-state index in [2.05, 4.69) is 16.7 Å². The summed E-state index contributed by atoms with van der Waals surface area (Å²) in [5.41, 5.74) is 0. The van der Waals surface area contributed by atoms with Gasteiger partial charge in [-0.05, 0) is 31.7 Å². The van der Waals surface area contributed by atoms with Crippen LogP contribution in [0.3, 0.4) is 0 Å². The van der Waals surface area contributed by atoms with Gasteiger partial charge in [-0.1, -0.05) is 0 Å². The Morgan fingerprint density at radius 3 is 3.33 bits per heavy atom. The second-order valence-electron chi connectivity index (χ2n) is 2.94. The van der Waals surface area contributed by atoms with Gasteiger partial charge in [0.1, 0.15) is 0 Å². The van der Waals surface area contributed by atoms with Crippen LogP contribution >= 0.6 is 11.8 Å². The van der Waals surface area contributed by atoms with Gasteiger partial charge < -0.3 is 4.90 Å². The van der Waals surface area contributed by atoms with Gasteiger partial charge in [-0.15, -0.1) is 0 Å². The highest BCUT2D eigenvalue weighted by Crippen LogP contribution is 2.26. The number of rotatable bonds is 0. The highest BCUT2D eigenvalue weighted by atomic mass is 32.2. The van der Waals surface area contributed by atoms with Crippen LogP contribution in [0.1, 0.15) is 12.8 Å². The lowest BCUT2D eigenvalue weighted by Gasteiger charge is -2.10. The third kappa shape index (κ3) is 1.24. The normalized spacial score (nSPS) is 42.7. The predicted molar refractivity (Wildman–Crippen MR) is 41.9 cm³/mol. The van der Waals surface area contributed by atoms with Crippen molar-refractivity contribution in [3.05, 3.63) is 0 Å². The van der Waals surface area contributed by atoms with Gasteiger partial charge in [0.25, 0.3) is 0 Å². The van der Waals surface area contributed by atoms with Crippen LogP contribution in [-0.2, 0) is 0 Å². The molecule has 2 atom stereocenters. The lowest BCUT2D eigenvalue weighted by atomic mass is 10.4. The van der Waals surface area contributed by atoms with Crippen LogP contribution in [0.15, 0.2) is 0 Å². The average Bonchev–Trinajstić information content (AvgIpc) is 2.09. The minimum Gasteiger partial charge on any atom is -0.302 e. The molecule has 1 nitrogen and oxygen atoms in total. The number of nitrogens with zero attached hydrogens (tertiary/aromatic N) is 1. The molecule has 0 aromatic heterocycles. The molecule has 2 rings (SSSR count). The van der Waals surface area contributed by atoms with Crippen LogP contribution in [0.4, 0.5) is 0 Å². The molecule has 0 radical (unpaired) electrons. The molecule has 0 saturated carbocycles. The summed E-state index contributed by atoms with van der Waals surface area (Å²) in [6.45, 7) is 4.12. The lowest BCUT2D eigenvalue weighted by molar-refractivity contribution is 0.344. The molecule has 0 N–H and O–H groups in total. The maximum Gasteiger partial charge on any atom is 0.0187 e. The maximum atomic E-state index is 2.60. The van der Waals surface area contributed by atoms with Gasteiger partial charge in [-0.3, -0.25) is 0 Å². The minimum atomic E-state index is 0.993. The summed E-state index contributed by atoms with van der Waals surface area (Å²) in [4.78, 5) is 2.60. The van der Waals surface area contributed by atoms with Crippen molar-refractivity contribution in [2.24, 2.45) is 0 Å². The summed E-state index contributed by atoms with van der Waals surface area (Å²) in [6, 6.07) is 0. The largest absolute Gasteiger partial charge is 0.302 e. The van der Waals surface area contributed by atoms with Crippen molar-refractivity contribution < 1.29 is 0 Å². The molecule has 2 fully saturated rings. The van der Waals surface area contributed by atoms with E-state index in [1.165, 1.54) is 38.2 Å². The Morgan fingerprint density at radius 2 is 2.33 bits per heavy atom. The fourth-order valence-electron chi connectivity index (χ4n) is 1.67. The monoisotopic (exact) mass is 143 g/mol. The van der Waals surface area contributed by atoms with Crippen LogP contribution in [0.25, 0.3) is 0 Å². The maximum absolute atomic E-state index is 2.60. The predicted octanol–water partition coefficient (Wildman–Crippen LogP) is 1.20. The molecule has 0 spiro atoms. The SMILES string of the molecule is C1CSC2CCN(C1)C2. The van der Waals surface area contributed by atoms with Gasteiger partial charge in [0.15, 0.2) is 0 Å². The van der Waals surface area contributed by atoms with E-state index in [-0.39, 0.29) is 0 Å². The first kappa shape index (κ1) is 6.05. The van der Waals surface area contributed by atoms with Crippen LogP contribution in [-0.4, -0.2) is 35.5 Å².